The Morgan fingerprint density at radius 3 is 3.05 bits per heavy atom. The molecule has 0 unspecified atom stereocenters. The third-order valence-corrected chi connectivity index (χ3v) is 3.24. The Morgan fingerprint density at radius 2 is 2.32 bits per heavy atom. The zero-order valence-electron chi connectivity index (χ0n) is 10.0. The summed E-state index contributed by atoms with van der Waals surface area (Å²) < 4.78 is 0. The molecule has 0 bridgehead atoms. The van der Waals surface area contributed by atoms with Crippen molar-refractivity contribution in [1.29, 1.82) is 0 Å². The van der Waals surface area contributed by atoms with Gasteiger partial charge in [0.2, 0.25) is 5.95 Å². The number of nitrogens with one attached hydrogen (secondary N) is 4. The van der Waals surface area contributed by atoms with Crippen molar-refractivity contribution < 1.29 is 0 Å². The van der Waals surface area contributed by atoms with Crippen molar-refractivity contribution in [2.45, 2.75) is 6.54 Å². The molecule has 3 heterocycles. The van der Waals surface area contributed by atoms with Crippen molar-refractivity contribution in [3.05, 3.63) is 27.1 Å². The normalized spacial score (nSPS) is 10.8. The van der Waals surface area contributed by atoms with Gasteiger partial charge < -0.3 is 20.6 Å². The Morgan fingerprint density at radius 1 is 1.42 bits per heavy atom. The van der Waals surface area contributed by atoms with Crippen LogP contribution in [0.1, 0.15) is 5.69 Å². The quantitative estimate of drug-likeness (QED) is 0.560. The van der Waals surface area contributed by atoms with Gasteiger partial charge in [0.25, 0.3) is 0 Å². The van der Waals surface area contributed by atoms with Gasteiger partial charge in [-0.1, -0.05) is 11.3 Å². The van der Waals surface area contributed by atoms with E-state index in [2.05, 4.69) is 35.6 Å². The number of rotatable bonds is 4. The fourth-order valence-electron chi connectivity index (χ4n) is 1.65. The van der Waals surface area contributed by atoms with Crippen LogP contribution in [-0.4, -0.2) is 32.0 Å². The van der Waals surface area contributed by atoms with Crippen LogP contribution in [0.2, 0.25) is 0 Å². The van der Waals surface area contributed by atoms with E-state index >= 15 is 0 Å². The second-order valence-corrected chi connectivity index (χ2v) is 4.62. The van der Waals surface area contributed by atoms with Crippen molar-refractivity contribution in [2.75, 3.05) is 17.7 Å². The van der Waals surface area contributed by atoms with Crippen LogP contribution in [0.4, 0.5) is 11.8 Å². The highest BCUT2D eigenvalue weighted by Gasteiger charge is 2.09. The molecule has 4 N–H and O–H groups in total. The molecule has 0 saturated heterocycles. The monoisotopic (exact) mass is 277 g/mol. The Bertz CT molecular complexity index is 758. The second kappa shape index (κ2) is 4.69. The van der Waals surface area contributed by atoms with Crippen LogP contribution < -0.4 is 15.5 Å². The number of imidazole rings is 1. The molecule has 8 nitrogen and oxygen atoms in total. The molecule has 0 amide bonds. The fraction of sp³-hybridized carbons (Fsp3) is 0.200. The minimum Gasteiger partial charge on any atom is -0.363 e. The predicted molar refractivity (Wildman–Crippen MR) is 73.5 cm³/mol. The van der Waals surface area contributed by atoms with Crippen LogP contribution in [-0.2, 0) is 6.54 Å². The lowest BCUT2D eigenvalue weighted by Crippen LogP contribution is -2.07. The first-order valence-corrected chi connectivity index (χ1v) is 6.43. The molecule has 0 aromatic carbocycles. The van der Waals surface area contributed by atoms with E-state index in [1.54, 1.807) is 18.8 Å². The number of hydrogen-bond donors (Lipinski definition) is 4. The number of anilines is 2. The van der Waals surface area contributed by atoms with Gasteiger partial charge in [0.1, 0.15) is 5.52 Å². The molecular formula is C10H11N7OS. The van der Waals surface area contributed by atoms with Crippen molar-refractivity contribution in [3.63, 3.8) is 0 Å². The molecule has 0 aliphatic carbocycles. The van der Waals surface area contributed by atoms with Crippen LogP contribution in [0.5, 0.6) is 0 Å². The summed E-state index contributed by atoms with van der Waals surface area (Å²) in [5.41, 5.74) is 2.13. The van der Waals surface area contributed by atoms with Crippen molar-refractivity contribution in [1.82, 2.24) is 24.9 Å². The molecule has 0 spiro atoms. The maximum atomic E-state index is 11.1. The fourth-order valence-corrected chi connectivity index (χ4v) is 2.23. The zero-order valence-corrected chi connectivity index (χ0v) is 10.8. The van der Waals surface area contributed by atoms with E-state index in [9.17, 15) is 4.79 Å². The summed E-state index contributed by atoms with van der Waals surface area (Å²) in [4.78, 5) is 29.3. The summed E-state index contributed by atoms with van der Waals surface area (Å²) >= 11 is 1.14. The predicted octanol–water partition coefficient (Wildman–Crippen LogP) is 0.756. The number of nitrogens with zero attached hydrogens (tertiary/aromatic N) is 3. The summed E-state index contributed by atoms with van der Waals surface area (Å²) in [6.07, 6.45) is 1.57. The lowest BCUT2D eigenvalue weighted by atomic mass is 10.4. The topological polar surface area (TPSA) is 111 Å². The van der Waals surface area contributed by atoms with E-state index in [4.69, 9.17) is 0 Å². The summed E-state index contributed by atoms with van der Waals surface area (Å²) in [7, 11) is 1.74. The molecule has 0 fully saturated rings. The third kappa shape index (κ3) is 2.27. The average Bonchev–Trinajstić information content (AvgIpc) is 3.04. The number of aromatic nitrogens is 5. The Kier molecular flexibility index (Phi) is 2.88. The standard InChI is InChI=1S/C10H11N7OS/c1-11-9-16-7(6-8(17-9)14-4-13-6)12-2-5-3-19-10(18)15-5/h3-4H,2H2,1H3,(H,15,18)(H3,11,12,13,14,16,17). The highest BCUT2D eigenvalue weighted by atomic mass is 32.1. The molecule has 3 aromatic rings. The molecule has 0 radical (unpaired) electrons. The molecule has 0 saturated carbocycles. The van der Waals surface area contributed by atoms with Crippen molar-refractivity contribution >= 4 is 34.3 Å². The Hall–Kier alpha value is -2.42. The molecular weight excluding hydrogens is 266 g/mol. The summed E-state index contributed by atoms with van der Waals surface area (Å²) in [6, 6.07) is 0. The minimum atomic E-state index is -0.0675. The number of H-pyrrole nitrogens is 2. The minimum absolute atomic E-state index is 0.0675. The van der Waals surface area contributed by atoms with E-state index < -0.39 is 0 Å². The van der Waals surface area contributed by atoms with Crippen LogP contribution in [0.3, 0.4) is 0 Å². The van der Waals surface area contributed by atoms with Gasteiger partial charge in [-0.2, -0.15) is 9.97 Å². The van der Waals surface area contributed by atoms with Gasteiger partial charge >= 0.3 is 4.87 Å². The van der Waals surface area contributed by atoms with E-state index in [0.717, 1.165) is 22.5 Å². The maximum Gasteiger partial charge on any atom is 0.304 e. The SMILES string of the molecule is CNc1nc(NCc2csc(=O)[nH]2)c2[nH]cnc2n1. The first kappa shape index (κ1) is 11.7. The smallest absolute Gasteiger partial charge is 0.304 e. The molecule has 0 atom stereocenters. The second-order valence-electron chi connectivity index (χ2n) is 3.77. The first-order chi connectivity index (χ1) is 9.26. The number of fused-ring (bicyclic) bond motifs is 1. The molecule has 9 heteroatoms. The Balaban J connectivity index is 1.90. The van der Waals surface area contributed by atoms with Gasteiger partial charge in [-0.3, -0.25) is 4.79 Å². The van der Waals surface area contributed by atoms with Gasteiger partial charge in [0.05, 0.1) is 12.9 Å². The molecule has 3 aromatic heterocycles. The van der Waals surface area contributed by atoms with Crippen LogP contribution in [0.25, 0.3) is 11.2 Å². The lowest BCUT2D eigenvalue weighted by molar-refractivity contribution is 1.04. The van der Waals surface area contributed by atoms with Crippen molar-refractivity contribution in [2.24, 2.45) is 0 Å². The zero-order chi connectivity index (χ0) is 13.2. The van der Waals surface area contributed by atoms with Gasteiger partial charge in [0.15, 0.2) is 11.5 Å². The van der Waals surface area contributed by atoms with E-state index in [1.165, 1.54) is 0 Å². The van der Waals surface area contributed by atoms with E-state index in [1.807, 2.05) is 0 Å². The largest absolute Gasteiger partial charge is 0.363 e. The Labute approximate surface area is 111 Å². The number of thiazole rings is 1. The van der Waals surface area contributed by atoms with Crippen LogP contribution in [0, 0.1) is 0 Å². The molecule has 0 aliphatic heterocycles. The molecule has 3 rings (SSSR count). The maximum absolute atomic E-state index is 11.1. The van der Waals surface area contributed by atoms with Gasteiger partial charge in [-0.05, 0) is 0 Å². The third-order valence-electron chi connectivity index (χ3n) is 2.53. The number of hydrogen-bond acceptors (Lipinski definition) is 7. The lowest BCUT2D eigenvalue weighted by Gasteiger charge is -2.06. The highest BCUT2D eigenvalue weighted by Crippen LogP contribution is 2.18. The summed E-state index contributed by atoms with van der Waals surface area (Å²) in [5, 5.41) is 7.81. The number of aromatic amines is 2. The molecule has 98 valence electrons. The van der Waals surface area contributed by atoms with E-state index in [-0.39, 0.29) is 4.87 Å². The van der Waals surface area contributed by atoms with E-state index in [0.29, 0.717) is 24.0 Å². The summed E-state index contributed by atoms with van der Waals surface area (Å²) in [6.45, 7) is 0.479. The molecule has 0 aliphatic rings. The average molecular weight is 277 g/mol. The van der Waals surface area contributed by atoms with Gasteiger partial charge in [0, 0.05) is 18.1 Å². The van der Waals surface area contributed by atoms with Crippen molar-refractivity contribution in [3.8, 4) is 0 Å². The van der Waals surface area contributed by atoms with Crippen LogP contribution >= 0.6 is 11.3 Å². The highest BCUT2D eigenvalue weighted by molar-refractivity contribution is 7.07. The first-order valence-electron chi connectivity index (χ1n) is 5.55. The van der Waals surface area contributed by atoms with Gasteiger partial charge in [-0.15, -0.1) is 0 Å². The van der Waals surface area contributed by atoms with Gasteiger partial charge in [-0.25, -0.2) is 4.98 Å². The summed E-state index contributed by atoms with van der Waals surface area (Å²) in [5.74, 6) is 1.12. The van der Waals surface area contributed by atoms with Crippen LogP contribution in [0.15, 0.2) is 16.5 Å². The molecule has 19 heavy (non-hydrogen) atoms.